The average Bonchev–Trinajstić information content (AvgIpc) is 3.21. The summed E-state index contributed by atoms with van der Waals surface area (Å²) in [7, 11) is 3.19. The van der Waals surface area contributed by atoms with Gasteiger partial charge in [0.1, 0.15) is 6.33 Å². The van der Waals surface area contributed by atoms with Gasteiger partial charge in [-0.2, -0.15) is 10.1 Å². The van der Waals surface area contributed by atoms with Crippen LogP contribution in [0.5, 0.6) is 11.5 Å². The number of ether oxygens (including phenoxy) is 2. The quantitative estimate of drug-likeness (QED) is 0.675. The van der Waals surface area contributed by atoms with Crippen LogP contribution in [-0.2, 0) is 4.79 Å². The van der Waals surface area contributed by atoms with Crippen molar-refractivity contribution < 1.29 is 14.3 Å². The number of aromatic nitrogens is 3. The molecule has 0 aliphatic carbocycles. The van der Waals surface area contributed by atoms with Crippen molar-refractivity contribution in [2.24, 2.45) is 5.92 Å². The number of aryl methyl sites for hydroxylation is 1. The van der Waals surface area contributed by atoms with Crippen molar-refractivity contribution in [2.75, 3.05) is 24.9 Å². The first-order valence-electron chi connectivity index (χ1n) is 9.78. The Balaban J connectivity index is 1.76. The second-order valence-electron chi connectivity index (χ2n) is 7.35. The number of carbonyl (C=O) groups is 1. The fourth-order valence-electron chi connectivity index (χ4n) is 3.96. The van der Waals surface area contributed by atoms with E-state index in [9.17, 15) is 4.79 Å². The number of amides is 1. The molecule has 3 aromatic rings. The molecule has 8 heteroatoms. The summed E-state index contributed by atoms with van der Waals surface area (Å²) >= 11 is 0. The third-order valence-corrected chi connectivity index (χ3v) is 5.53. The largest absolute Gasteiger partial charge is 0.493 e. The van der Waals surface area contributed by atoms with Crippen LogP contribution >= 0.6 is 0 Å². The molecule has 1 aliphatic heterocycles. The van der Waals surface area contributed by atoms with Crippen LogP contribution in [0.1, 0.15) is 24.1 Å². The monoisotopic (exact) mass is 407 g/mol. The van der Waals surface area contributed by atoms with Crippen LogP contribution in [0.15, 0.2) is 48.8 Å². The molecule has 156 valence electrons. The summed E-state index contributed by atoms with van der Waals surface area (Å²) < 4.78 is 12.6. The predicted molar refractivity (Wildman–Crippen MR) is 114 cm³/mol. The Kier molecular flexibility index (Phi) is 5.31. The Labute approximate surface area is 175 Å². The van der Waals surface area contributed by atoms with Gasteiger partial charge in [0.15, 0.2) is 11.5 Å². The topological polar surface area (TPSA) is 90.3 Å². The lowest BCUT2D eigenvalue weighted by Crippen LogP contribution is -2.46. The Morgan fingerprint density at radius 2 is 1.90 bits per heavy atom. The molecule has 0 radical (unpaired) electrons. The first kappa shape index (κ1) is 19.8. The van der Waals surface area contributed by atoms with E-state index >= 15 is 0 Å². The number of hydrogen-bond donors (Lipinski definition) is 2. The molecule has 2 N–H and O–H groups in total. The number of nitrogens with zero attached hydrogens (tertiary/aromatic N) is 3. The predicted octanol–water partition coefficient (Wildman–Crippen LogP) is 3.26. The van der Waals surface area contributed by atoms with Gasteiger partial charge in [-0.1, -0.05) is 24.3 Å². The number of fused-ring (bicyclic) bond motifs is 1. The molecular weight excluding hydrogens is 382 g/mol. The van der Waals surface area contributed by atoms with Gasteiger partial charge in [-0.05, 0) is 43.2 Å². The third-order valence-electron chi connectivity index (χ3n) is 5.53. The molecule has 0 saturated heterocycles. The van der Waals surface area contributed by atoms with Crippen LogP contribution < -0.4 is 20.1 Å². The minimum atomic E-state index is -0.433. The van der Waals surface area contributed by atoms with E-state index in [1.165, 1.54) is 6.33 Å². The van der Waals surface area contributed by atoms with E-state index in [4.69, 9.17) is 9.47 Å². The Bertz CT molecular complexity index is 1060. The zero-order chi connectivity index (χ0) is 21.3. The molecule has 1 aromatic heterocycles. The molecule has 30 heavy (non-hydrogen) atoms. The summed E-state index contributed by atoms with van der Waals surface area (Å²) in [4.78, 5) is 17.8. The van der Waals surface area contributed by atoms with Crippen molar-refractivity contribution >= 4 is 17.5 Å². The highest BCUT2D eigenvalue weighted by Crippen LogP contribution is 2.39. The van der Waals surface area contributed by atoms with Crippen molar-refractivity contribution in [3.8, 4) is 11.5 Å². The fourth-order valence-corrected chi connectivity index (χ4v) is 3.96. The molecule has 0 bridgehead atoms. The number of carbonyl (C=O) groups excluding carboxylic acids is 1. The minimum absolute atomic E-state index is 0.0924. The van der Waals surface area contributed by atoms with E-state index in [-0.39, 0.29) is 18.0 Å². The van der Waals surface area contributed by atoms with E-state index < -0.39 is 5.92 Å². The van der Waals surface area contributed by atoms with Crippen LogP contribution in [0.3, 0.4) is 0 Å². The normalized spacial score (nSPS) is 20.1. The number of nitrogens with one attached hydrogen (secondary N) is 2. The van der Waals surface area contributed by atoms with Crippen LogP contribution in [-0.4, -0.2) is 40.9 Å². The molecule has 4 rings (SSSR count). The first-order valence-corrected chi connectivity index (χ1v) is 9.78. The number of anilines is 2. The van der Waals surface area contributed by atoms with Crippen LogP contribution in [0.25, 0.3) is 0 Å². The molecule has 2 heterocycles. The summed E-state index contributed by atoms with van der Waals surface area (Å²) in [6.45, 7) is 3.95. The number of methoxy groups -OCH3 is 2. The molecule has 0 spiro atoms. The third kappa shape index (κ3) is 3.45. The van der Waals surface area contributed by atoms with Crippen molar-refractivity contribution in [2.45, 2.75) is 25.9 Å². The number of hydrogen-bond acceptors (Lipinski definition) is 6. The highest BCUT2D eigenvalue weighted by atomic mass is 16.5. The SMILES string of the molecule is COc1ccc([C@@H]2[C@H](C(=O)Nc3ccccc3C)[C@@H](C)Nc3ncnn32)cc1OC. The van der Waals surface area contributed by atoms with E-state index in [0.29, 0.717) is 17.4 Å². The van der Waals surface area contributed by atoms with E-state index in [2.05, 4.69) is 20.7 Å². The van der Waals surface area contributed by atoms with Gasteiger partial charge < -0.3 is 20.1 Å². The van der Waals surface area contributed by atoms with Gasteiger partial charge in [0, 0.05) is 11.7 Å². The Morgan fingerprint density at radius 1 is 1.13 bits per heavy atom. The molecule has 3 atom stereocenters. The van der Waals surface area contributed by atoms with Crippen molar-refractivity contribution in [1.29, 1.82) is 0 Å². The van der Waals surface area contributed by atoms with E-state index in [0.717, 1.165) is 16.8 Å². The summed E-state index contributed by atoms with van der Waals surface area (Å²) in [5, 5.41) is 10.8. The zero-order valence-corrected chi connectivity index (χ0v) is 17.4. The maximum Gasteiger partial charge on any atom is 0.232 e. The van der Waals surface area contributed by atoms with Gasteiger partial charge in [0.25, 0.3) is 0 Å². The summed E-state index contributed by atoms with van der Waals surface area (Å²) in [6, 6.07) is 12.9. The average molecular weight is 407 g/mol. The van der Waals surface area contributed by atoms with Crippen LogP contribution in [0, 0.1) is 12.8 Å². The molecule has 8 nitrogen and oxygen atoms in total. The standard InChI is InChI=1S/C22H25N5O3/c1-13-7-5-6-8-16(13)26-21(28)19-14(2)25-22-23-12-24-27(22)20(19)15-9-10-17(29-3)18(11-15)30-4/h5-12,14,19-20H,1-4H3,(H,26,28)(H,23,24,25)/t14-,19-,20-/m1/s1. The molecule has 0 unspecified atom stereocenters. The smallest absolute Gasteiger partial charge is 0.232 e. The van der Waals surface area contributed by atoms with E-state index in [1.807, 2.05) is 56.3 Å². The van der Waals surface area contributed by atoms with Crippen LogP contribution in [0.4, 0.5) is 11.6 Å². The highest BCUT2D eigenvalue weighted by Gasteiger charge is 2.41. The van der Waals surface area contributed by atoms with Gasteiger partial charge >= 0.3 is 0 Å². The maximum absolute atomic E-state index is 13.5. The van der Waals surface area contributed by atoms with Gasteiger partial charge in [-0.25, -0.2) is 4.68 Å². The summed E-state index contributed by atoms with van der Waals surface area (Å²) in [5.41, 5.74) is 2.69. The van der Waals surface area contributed by atoms with Gasteiger partial charge in [-0.15, -0.1) is 0 Å². The molecule has 0 saturated carbocycles. The summed E-state index contributed by atoms with van der Waals surface area (Å²) in [6.07, 6.45) is 1.49. The van der Waals surface area contributed by atoms with E-state index in [1.54, 1.807) is 18.9 Å². The van der Waals surface area contributed by atoms with Gasteiger partial charge in [-0.3, -0.25) is 4.79 Å². The second kappa shape index (κ2) is 8.06. The molecule has 0 fully saturated rings. The van der Waals surface area contributed by atoms with Crippen molar-refractivity contribution in [3.05, 3.63) is 59.9 Å². The summed E-state index contributed by atoms with van der Waals surface area (Å²) in [5.74, 6) is 1.33. The highest BCUT2D eigenvalue weighted by molar-refractivity contribution is 5.94. The van der Waals surface area contributed by atoms with Crippen molar-refractivity contribution in [1.82, 2.24) is 14.8 Å². The number of para-hydroxylation sites is 1. The lowest BCUT2D eigenvalue weighted by Gasteiger charge is -2.37. The fraction of sp³-hybridized carbons (Fsp3) is 0.318. The van der Waals surface area contributed by atoms with Crippen molar-refractivity contribution in [3.63, 3.8) is 0 Å². The maximum atomic E-state index is 13.5. The first-order chi connectivity index (χ1) is 14.5. The second-order valence-corrected chi connectivity index (χ2v) is 7.35. The minimum Gasteiger partial charge on any atom is -0.493 e. The lowest BCUT2D eigenvalue weighted by molar-refractivity contribution is -0.121. The molecular formula is C22H25N5O3. The number of benzene rings is 2. The molecule has 2 aromatic carbocycles. The van der Waals surface area contributed by atoms with Crippen LogP contribution in [0.2, 0.25) is 0 Å². The Hall–Kier alpha value is -3.55. The molecule has 1 aliphatic rings. The Morgan fingerprint density at radius 3 is 2.63 bits per heavy atom. The zero-order valence-electron chi connectivity index (χ0n) is 17.4. The van der Waals surface area contributed by atoms with Gasteiger partial charge in [0.2, 0.25) is 11.9 Å². The molecule has 1 amide bonds. The van der Waals surface area contributed by atoms with Gasteiger partial charge in [0.05, 0.1) is 26.2 Å². The number of rotatable bonds is 5. The lowest BCUT2D eigenvalue weighted by atomic mass is 9.85.